The van der Waals surface area contributed by atoms with Crippen molar-refractivity contribution in [3.63, 3.8) is 0 Å². The molecule has 3 aromatic rings. The van der Waals surface area contributed by atoms with Crippen LogP contribution in [0.15, 0.2) is 53.1 Å². The van der Waals surface area contributed by atoms with Gasteiger partial charge in [0.1, 0.15) is 0 Å². The molecule has 0 spiro atoms. The number of rotatable bonds is 5. The zero-order valence-electron chi connectivity index (χ0n) is 12.8. The second-order valence-corrected chi connectivity index (χ2v) is 6.24. The van der Waals surface area contributed by atoms with Gasteiger partial charge < -0.3 is 10.1 Å². The minimum atomic E-state index is -0.878. The SMILES string of the molecule is O=[N+]([O-])c1ccc(Oc2nc(Nc3ccc(Cl)cc3)ncc2Br)c(F)c1. The lowest BCUT2D eigenvalue weighted by molar-refractivity contribution is -0.385. The number of halogens is 3. The van der Waals surface area contributed by atoms with Crippen LogP contribution in [0.4, 0.5) is 21.7 Å². The molecule has 0 unspecified atom stereocenters. The number of nitrogens with one attached hydrogen (secondary N) is 1. The van der Waals surface area contributed by atoms with Crippen LogP contribution in [-0.2, 0) is 0 Å². The molecule has 0 saturated heterocycles. The average Bonchev–Trinajstić information content (AvgIpc) is 2.61. The molecule has 132 valence electrons. The van der Waals surface area contributed by atoms with Gasteiger partial charge in [-0.05, 0) is 46.3 Å². The van der Waals surface area contributed by atoms with Crippen molar-refractivity contribution < 1.29 is 14.1 Å². The lowest BCUT2D eigenvalue weighted by Gasteiger charge is -2.10. The Balaban J connectivity index is 1.84. The molecule has 0 aliphatic heterocycles. The summed E-state index contributed by atoms with van der Waals surface area (Å²) in [7, 11) is 0. The summed E-state index contributed by atoms with van der Waals surface area (Å²) < 4.78 is 19.8. The Morgan fingerprint density at radius 2 is 1.96 bits per heavy atom. The molecule has 26 heavy (non-hydrogen) atoms. The second-order valence-electron chi connectivity index (χ2n) is 4.95. The minimum absolute atomic E-state index is 0.0456. The highest BCUT2D eigenvalue weighted by atomic mass is 79.9. The molecular weight excluding hydrogens is 431 g/mol. The number of hydrogen-bond acceptors (Lipinski definition) is 6. The topological polar surface area (TPSA) is 90.2 Å². The Bertz CT molecular complexity index is 972. The molecule has 0 aliphatic carbocycles. The first kappa shape index (κ1) is 18.0. The van der Waals surface area contributed by atoms with Crippen molar-refractivity contribution in [1.82, 2.24) is 9.97 Å². The van der Waals surface area contributed by atoms with E-state index in [1.165, 1.54) is 6.20 Å². The fraction of sp³-hybridized carbons (Fsp3) is 0. The van der Waals surface area contributed by atoms with Crippen LogP contribution in [0.5, 0.6) is 11.6 Å². The van der Waals surface area contributed by atoms with Crippen molar-refractivity contribution in [2.45, 2.75) is 0 Å². The predicted molar refractivity (Wildman–Crippen MR) is 97.6 cm³/mol. The summed E-state index contributed by atoms with van der Waals surface area (Å²) in [5.41, 5.74) is 0.325. The first-order valence-corrected chi connectivity index (χ1v) is 8.26. The molecule has 0 amide bonds. The van der Waals surface area contributed by atoms with Crippen LogP contribution in [0.3, 0.4) is 0 Å². The van der Waals surface area contributed by atoms with Crippen LogP contribution in [0.1, 0.15) is 0 Å². The van der Waals surface area contributed by atoms with Crippen molar-refractivity contribution in [2.75, 3.05) is 5.32 Å². The number of nitro groups is 1. The summed E-state index contributed by atoms with van der Waals surface area (Å²) in [6.45, 7) is 0. The smallest absolute Gasteiger partial charge is 0.272 e. The Morgan fingerprint density at radius 1 is 1.23 bits per heavy atom. The molecule has 0 aliphatic rings. The molecular formula is C16H9BrClFN4O3. The van der Waals surface area contributed by atoms with Crippen molar-refractivity contribution in [2.24, 2.45) is 0 Å². The highest BCUT2D eigenvalue weighted by Crippen LogP contribution is 2.31. The van der Waals surface area contributed by atoms with Gasteiger partial charge in [0.2, 0.25) is 11.8 Å². The third-order valence-electron chi connectivity index (χ3n) is 3.15. The molecule has 0 fully saturated rings. The fourth-order valence-corrected chi connectivity index (χ4v) is 2.33. The van der Waals surface area contributed by atoms with Crippen molar-refractivity contribution >= 4 is 44.9 Å². The van der Waals surface area contributed by atoms with Gasteiger partial charge in [-0.15, -0.1) is 0 Å². The maximum Gasteiger partial charge on any atom is 0.272 e. The first-order chi connectivity index (χ1) is 12.4. The zero-order chi connectivity index (χ0) is 18.7. The molecule has 0 atom stereocenters. The van der Waals surface area contributed by atoms with Crippen LogP contribution in [0.25, 0.3) is 0 Å². The van der Waals surface area contributed by atoms with Gasteiger partial charge in [0.05, 0.1) is 21.7 Å². The summed E-state index contributed by atoms with van der Waals surface area (Å²) in [5.74, 6) is -0.818. The Morgan fingerprint density at radius 3 is 2.62 bits per heavy atom. The molecule has 10 heteroatoms. The molecule has 0 saturated carbocycles. The van der Waals surface area contributed by atoms with Crippen LogP contribution in [0.2, 0.25) is 5.02 Å². The highest BCUT2D eigenvalue weighted by Gasteiger charge is 2.15. The highest BCUT2D eigenvalue weighted by molar-refractivity contribution is 9.10. The summed E-state index contributed by atoms with van der Waals surface area (Å²) in [6, 6.07) is 9.96. The van der Waals surface area contributed by atoms with Crippen LogP contribution in [0, 0.1) is 15.9 Å². The number of nitrogens with zero attached hydrogens (tertiary/aromatic N) is 3. The number of aromatic nitrogens is 2. The maximum atomic E-state index is 14.0. The normalized spacial score (nSPS) is 10.4. The molecule has 3 rings (SSSR count). The third-order valence-corrected chi connectivity index (χ3v) is 3.94. The maximum absolute atomic E-state index is 14.0. The van der Waals surface area contributed by atoms with E-state index in [1.807, 2.05) is 0 Å². The van der Waals surface area contributed by atoms with E-state index in [2.05, 4.69) is 31.2 Å². The van der Waals surface area contributed by atoms with Crippen molar-refractivity contribution in [3.8, 4) is 11.6 Å². The summed E-state index contributed by atoms with van der Waals surface area (Å²) in [6.07, 6.45) is 1.43. The van der Waals surface area contributed by atoms with Crippen LogP contribution in [-0.4, -0.2) is 14.9 Å². The lowest BCUT2D eigenvalue weighted by atomic mass is 10.3. The van der Waals surface area contributed by atoms with Gasteiger partial charge in [0, 0.05) is 16.8 Å². The largest absolute Gasteiger partial charge is 0.435 e. The summed E-state index contributed by atoms with van der Waals surface area (Å²) >= 11 is 9.05. The number of benzene rings is 2. The molecule has 1 aromatic heterocycles. The van der Waals surface area contributed by atoms with E-state index in [4.69, 9.17) is 16.3 Å². The zero-order valence-corrected chi connectivity index (χ0v) is 15.2. The van der Waals surface area contributed by atoms with E-state index in [0.29, 0.717) is 15.2 Å². The molecule has 7 nitrogen and oxygen atoms in total. The van der Waals surface area contributed by atoms with Gasteiger partial charge in [-0.25, -0.2) is 9.37 Å². The van der Waals surface area contributed by atoms with Gasteiger partial charge in [0.25, 0.3) is 5.69 Å². The van der Waals surface area contributed by atoms with E-state index in [9.17, 15) is 14.5 Å². The Kier molecular flexibility index (Phi) is 5.29. The van der Waals surface area contributed by atoms with Crippen molar-refractivity contribution in [3.05, 3.63) is 74.1 Å². The van der Waals surface area contributed by atoms with Gasteiger partial charge >= 0.3 is 0 Å². The Labute approximate surface area is 160 Å². The fourth-order valence-electron chi connectivity index (χ4n) is 1.94. The van der Waals surface area contributed by atoms with E-state index in [1.54, 1.807) is 24.3 Å². The number of hydrogen-bond donors (Lipinski definition) is 1. The number of ether oxygens (including phenoxy) is 1. The Hall–Kier alpha value is -2.78. The van der Waals surface area contributed by atoms with Gasteiger partial charge in [0.15, 0.2) is 11.6 Å². The van der Waals surface area contributed by atoms with E-state index >= 15 is 0 Å². The van der Waals surface area contributed by atoms with Crippen molar-refractivity contribution in [1.29, 1.82) is 0 Å². The minimum Gasteiger partial charge on any atom is -0.435 e. The molecule has 1 N–H and O–H groups in total. The van der Waals surface area contributed by atoms with E-state index in [-0.39, 0.29) is 23.3 Å². The van der Waals surface area contributed by atoms with Gasteiger partial charge in [-0.1, -0.05) is 11.6 Å². The summed E-state index contributed by atoms with van der Waals surface area (Å²) in [5, 5.41) is 14.2. The molecule has 0 radical (unpaired) electrons. The van der Waals surface area contributed by atoms with Crippen LogP contribution >= 0.6 is 27.5 Å². The number of non-ortho nitro benzene ring substituents is 1. The predicted octanol–water partition coefficient (Wildman–Crippen LogP) is 5.48. The third kappa shape index (κ3) is 4.24. The average molecular weight is 440 g/mol. The van der Waals surface area contributed by atoms with Gasteiger partial charge in [-0.3, -0.25) is 10.1 Å². The van der Waals surface area contributed by atoms with Crippen LogP contribution < -0.4 is 10.1 Å². The number of nitro benzene ring substituents is 1. The van der Waals surface area contributed by atoms with E-state index < -0.39 is 10.7 Å². The molecule has 0 bridgehead atoms. The monoisotopic (exact) mass is 438 g/mol. The second kappa shape index (κ2) is 7.63. The van der Waals surface area contributed by atoms with Gasteiger partial charge in [-0.2, -0.15) is 4.98 Å². The number of anilines is 2. The quantitative estimate of drug-likeness (QED) is 0.418. The lowest BCUT2D eigenvalue weighted by Crippen LogP contribution is -2.00. The van der Waals surface area contributed by atoms with E-state index in [0.717, 1.165) is 18.2 Å². The molecule has 1 heterocycles. The standard InChI is InChI=1S/C16H9BrClFN4O3/c17-12-8-20-16(21-10-3-1-9(18)2-4-10)22-15(12)26-14-6-5-11(23(24)25)7-13(14)19/h1-8H,(H,20,21,22). The first-order valence-electron chi connectivity index (χ1n) is 7.09. The summed E-state index contributed by atoms with van der Waals surface area (Å²) in [4.78, 5) is 18.2. The molecule has 2 aromatic carbocycles.